The van der Waals surface area contributed by atoms with Crippen LogP contribution in [0.2, 0.25) is 0 Å². The highest BCUT2D eigenvalue weighted by Crippen LogP contribution is 2.17. The highest BCUT2D eigenvalue weighted by Gasteiger charge is 2.17. The second-order valence-electron chi connectivity index (χ2n) is 5.01. The summed E-state index contributed by atoms with van der Waals surface area (Å²) in [6, 6.07) is 12.5. The van der Waals surface area contributed by atoms with Crippen LogP contribution >= 0.6 is 0 Å². The fourth-order valence-electron chi connectivity index (χ4n) is 2.14. The van der Waals surface area contributed by atoms with Crippen molar-refractivity contribution in [1.29, 1.82) is 0 Å². The van der Waals surface area contributed by atoms with Gasteiger partial charge in [0.1, 0.15) is 0 Å². The number of benzene rings is 2. The van der Waals surface area contributed by atoms with Gasteiger partial charge < -0.3 is 5.73 Å². The average molecular weight is 343 g/mol. The van der Waals surface area contributed by atoms with Crippen molar-refractivity contribution in [2.75, 3.05) is 5.73 Å². The third kappa shape index (κ3) is 3.03. The lowest BCUT2D eigenvalue weighted by Gasteiger charge is -2.03. The number of aromatic nitrogens is 3. The van der Waals surface area contributed by atoms with Crippen molar-refractivity contribution in [3.05, 3.63) is 66.0 Å². The summed E-state index contributed by atoms with van der Waals surface area (Å²) in [5.74, 6) is -0.373. The molecule has 122 valence electrons. The molecule has 0 amide bonds. The first kappa shape index (κ1) is 15.8. The number of nitrogens with zero attached hydrogens (tertiary/aromatic N) is 3. The first-order valence-electron chi connectivity index (χ1n) is 6.81. The molecule has 0 saturated carbocycles. The van der Waals surface area contributed by atoms with E-state index in [0.29, 0.717) is 16.9 Å². The summed E-state index contributed by atoms with van der Waals surface area (Å²) in [5, 5.41) is 12.8. The van der Waals surface area contributed by atoms with E-state index in [-0.39, 0.29) is 16.4 Å². The topological polar surface area (TPSA) is 134 Å². The van der Waals surface area contributed by atoms with Crippen molar-refractivity contribution < 1.29 is 13.2 Å². The van der Waals surface area contributed by atoms with Crippen molar-refractivity contribution in [1.82, 2.24) is 15.0 Å². The van der Waals surface area contributed by atoms with Crippen LogP contribution in [0, 0.1) is 0 Å². The molecule has 0 aliphatic heterocycles. The maximum atomic E-state index is 12.4. The Labute approximate surface area is 137 Å². The van der Waals surface area contributed by atoms with Crippen LogP contribution in [0.3, 0.4) is 0 Å². The molecule has 0 radical (unpaired) electrons. The van der Waals surface area contributed by atoms with E-state index < -0.39 is 10.0 Å². The van der Waals surface area contributed by atoms with Gasteiger partial charge in [0.2, 0.25) is 15.8 Å². The van der Waals surface area contributed by atoms with Crippen molar-refractivity contribution >= 4 is 21.5 Å². The number of nitrogens with two attached hydrogens (primary N) is 2. The van der Waals surface area contributed by atoms with Gasteiger partial charge >= 0.3 is 0 Å². The number of sulfonamides is 1. The average Bonchev–Trinajstić information content (AvgIpc) is 3.04. The molecule has 0 bridgehead atoms. The molecule has 8 nitrogen and oxygen atoms in total. The number of anilines is 1. The Hall–Kier alpha value is -3.04. The normalized spacial score (nSPS) is 11.4. The zero-order valence-corrected chi connectivity index (χ0v) is 13.1. The smallest absolute Gasteiger partial charge is 0.238 e. The van der Waals surface area contributed by atoms with Gasteiger partial charge in [-0.1, -0.05) is 23.4 Å². The fraction of sp³-hybridized carbons (Fsp3) is 0. The second-order valence-corrected chi connectivity index (χ2v) is 6.57. The number of carbonyl (C=O) groups is 1. The lowest BCUT2D eigenvalue weighted by atomic mass is 10.1. The Morgan fingerprint density at radius 2 is 1.83 bits per heavy atom. The first-order valence-corrected chi connectivity index (χ1v) is 8.36. The summed E-state index contributed by atoms with van der Waals surface area (Å²) in [5.41, 5.74) is 6.95. The van der Waals surface area contributed by atoms with Gasteiger partial charge in [0, 0.05) is 11.3 Å². The number of hydrogen-bond acceptors (Lipinski definition) is 6. The quantitative estimate of drug-likeness (QED) is 0.530. The summed E-state index contributed by atoms with van der Waals surface area (Å²) >= 11 is 0. The number of para-hydroxylation sites is 1. The lowest BCUT2D eigenvalue weighted by molar-refractivity contribution is 0.103. The van der Waals surface area contributed by atoms with E-state index in [1.54, 1.807) is 30.3 Å². The van der Waals surface area contributed by atoms with Crippen LogP contribution in [0.4, 0.5) is 5.69 Å². The molecule has 0 saturated heterocycles. The Morgan fingerprint density at radius 1 is 1.08 bits per heavy atom. The molecule has 3 aromatic rings. The van der Waals surface area contributed by atoms with E-state index in [0.717, 1.165) is 0 Å². The van der Waals surface area contributed by atoms with Gasteiger partial charge in [-0.3, -0.25) is 4.79 Å². The molecule has 0 aliphatic carbocycles. The molecule has 4 N–H and O–H groups in total. The Morgan fingerprint density at radius 3 is 2.54 bits per heavy atom. The van der Waals surface area contributed by atoms with Crippen LogP contribution < -0.4 is 10.9 Å². The third-order valence-electron chi connectivity index (χ3n) is 3.34. The monoisotopic (exact) mass is 343 g/mol. The second kappa shape index (κ2) is 5.87. The molecule has 9 heteroatoms. The van der Waals surface area contributed by atoms with Crippen LogP contribution in [0.15, 0.2) is 59.6 Å². The van der Waals surface area contributed by atoms with E-state index in [4.69, 9.17) is 10.9 Å². The fourth-order valence-corrected chi connectivity index (χ4v) is 2.69. The minimum Gasteiger partial charge on any atom is -0.398 e. The zero-order valence-electron chi connectivity index (χ0n) is 12.3. The minimum atomic E-state index is -3.84. The maximum absolute atomic E-state index is 12.4. The van der Waals surface area contributed by atoms with Gasteiger partial charge in [0.05, 0.1) is 16.8 Å². The summed E-state index contributed by atoms with van der Waals surface area (Å²) in [6.07, 6.45) is 1.40. The predicted molar refractivity (Wildman–Crippen MR) is 87.0 cm³/mol. The molecule has 24 heavy (non-hydrogen) atoms. The van der Waals surface area contributed by atoms with Crippen LogP contribution in [0.1, 0.15) is 16.1 Å². The van der Waals surface area contributed by atoms with Crippen LogP contribution in [0.25, 0.3) is 5.69 Å². The van der Waals surface area contributed by atoms with Crippen molar-refractivity contribution in [2.24, 2.45) is 5.14 Å². The van der Waals surface area contributed by atoms with Gasteiger partial charge in [0.25, 0.3) is 0 Å². The van der Waals surface area contributed by atoms with Crippen molar-refractivity contribution in [2.45, 2.75) is 4.90 Å². The summed E-state index contributed by atoms with van der Waals surface area (Å²) in [4.78, 5) is 12.4. The third-order valence-corrected chi connectivity index (χ3v) is 4.25. The largest absolute Gasteiger partial charge is 0.398 e. The number of nitrogen functional groups attached to an aromatic ring is 1. The molecule has 3 rings (SSSR count). The predicted octanol–water partition coefficient (Wildman–Crippen LogP) is 0.728. The van der Waals surface area contributed by atoms with Crippen molar-refractivity contribution in [3.8, 4) is 5.69 Å². The Kier molecular flexibility index (Phi) is 3.87. The van der Waals surface area contributed by atoms with Gasteiger partial charge in [-0.2, -0.15) is 0 Å². The van der Waals surface area contributed by atoms with Gasteiger partial charge in [-0.05, 0) is 30.3 Å². The number of rotatable bonds is 4. The van der Waals surface area contributed by atoms with Crippen molar-refractivity contribution in [3.63, 3.8) is 0 Å². The van der Waals surface area contributed by atoms with Crippen LogP contribution in [0.5, 0.6) is 0 Å². The highest BCUT2D eigenvalue weighted by atomic mass is 32.2. The van der Waals surface area contributed by atoms with E-state index in [9.17, 15) is 13.2 Å². The maximum Gasteiger partial charge on any atom is 0.238 e. The standard InChI is InChI=1S/C15H13N5O3S/c16-13-7-2-1-6-12(13)15(21)14-9-20(19-18-14)10-4-3-5-11(8-10)24(17,22)23/h1-9H,16H2,(H2,17,22,23). The van der Waals surface area contributed by atoms with E-state index >= 15 is 0 Å². The molecule has 0 atom stereocenters. The minimum absolute atomic E-state index is 0.0596. The molecule has 1 heterocycles. The molecular formula is C15H13N5O3S. The van der Waals surface area contributed by atoms with E-state index in [2.05, 4.69) is 10.3 Å². The Bertz CT molecular complexity index is 1030. The molecular weight excluding hydrogens is 330 g/mol. The summed E-state index contributed by atoms with van der Waals surface area (Å²) < 4.78 is 24.1. The SMILES string of the molecule is Nc1ccccc1C(=O)c1cn(-c2cccc(S(N)(=O)=O)c2)nn1. The van der Waals surface area contributed by atoms with Crippen LogP contribution in [-0.4, -0.2) is 29.2 Å². The molecule has 2 aromatic carbocycles. The lowest BCUT2D eigenvalue weighted by Crippen LogP contribution is -2.12. The van der Waals surface area contributed by atoms with E-state index in [1.807, 2.05) is 0 Å². The zero-order chi connectivity index (χ0) is 17.3. The molecule has 0 aliphatic rings. The Balaban J connectivity index is 1.97. The highest BCUT2D eigenvalue weighted by molar-refractivity contribution is 7.89. The number of ketones is 1. The number of hydrogen-bond donors (Lipinski definition) is 2. The summed E-state index contributed by atoms with van der Waals surface area (Å²) in [6.45, 7) is 0. The molecule has 1 aromatic heterocycles. The first-order chi connectivity index (χ1) is 11.4. The molecule has 0 unspecified atom stereocenters. The van der Waals surface area contributed by atoms with Gasteiger partial charge in [-0.25, -0.2) is 18.2 Å². The number of primary sulfonamides is 1. The van der Waals surface area contributed by atoms with E-state index in [1.165, 1.54) is 29.1 Å². The molecule has 0 fully saturated rings. The number of carbonyl (C=O) groups excluding carboxylic acids is 1. The summed E-state index contributed by atoms with van der Waals surface area (Å²) in [7, 11) is -3.84. The molecule has 0 spiro atoms. The van der Waals surface area contributed by atoms with Gasteiger partial charge in [-0.15, -0.1) is 5.10 Å². The van der Waals surface area contributed by atoms with Gasteiger partial charge in [0.15, 0.2) is 5.69 Å². The van der Waals surface area contributed by atoms with Crippen LogP contribution in [-0.2, 0) is 10.0 Å².